The number of aliphatic hydroxyl groups is 1. The Bertz CT molecular complexity index is 670. The number of rotatable bonds is 3. The zero-order valence-electron chi connectivity index (χ0n) is 13.2. The van der Waals surface area contributed by atoms with Crippen LogP contribution in [0.1, 0.15) is 17.3 Å². The predicted octanol–water partition coefficient (Wildman–Crippen LogP) is 1.32. The van der Waals surface area contributed by atoms with Crippen LogP contribution in [-0.2, 0) is 7.05 Å². The fraction of sp³-hybridized carbons (Fsp3) is 0.471. The van der Waals surface area contributed by atoms with Gasteiger partial charge in [0.15, 0.2) is 0 Å². The molecule has 1 aromatic carbocycles. The van der Waals surface area contributed by atoms with E-state index in [9.17, 15) is 9.90 Å². The second-order valence-corrected chi connectivity index (χ2v) is 6.11. The highest BCUT2D eigenvalue weighted by atomic mass is 16.3. The number of hydrogen-bond acceptors (Lipinski definition) is 3. The number of piperazine rings is 1. The van der Waals surface area contributed by atoms with E-state index >= 15 is 0 Å². The molecular weight excluding hydrogens is 278 g/mol. The van der Waals surface area contributed by atoms with Crippen LogP contribution in [0.25, 0.3) is 10.9 Å². The van der Waals surface area contributed by atoms with Gasteiger partial charge in [0, 0.05) is 56.9 Å². The molecule has 118 valence electrons. The number of aromatic nitrogens is 1. The van der Waals surface area contributed by atoms with Gasteiger partial charge in [-0.25, -0.2) is 0 Å². The Hall–Kier alpha value is -1.85. The highest BCUT2D eigenvalue weighted by molar-refractivity contribution is 6.07. The number of carbonyl (C=O) groups excluding carboxylic acids is 1. The van der Waals surface area contributed by atoms with Crippen LogP contribution in [0.3, 0.4) is 0 Å². The number of fused-ring (bicyclic) bond motifs is 1. The summed E-state index contributed by atoms with van der Waals surface area (Å²) in [5.41, 5.74) is 1.86. The van der Waals surface area contributed by atoms with Gasteiger partial charge in [-0.05, 0) is 13.0 Å². The summed E-state index contributed by atoms with van der Waals surface area (Å²) in [6, 6.07) is 8.00. The normalized spacial score (nSPS) is 17.9. The third kappa shape index (κ3) is 2.87. The predicted molar refractivity (Wildman–Crippen MR) is 86.9 cm³/mol. The first-order chi connectivity index (χ1) is 10.6. The first kappa shape index (κ1) is 15.1. The zero-order valence-corrected chi connectivity index (χ0v) is 13.2. The molecule has 1 N–H and O–H groups in total. The second kappa shape index (κ2) is 6.10. The summed E-state index contributed by atoms with van der Waals surface area (Å²) in [6.45, 7) is 5.55. The van der Waals surface area contributed by atoms with E-state index in [0.717, 1.165) is 42.6 Å². The van der Waals surface area contributed by atoms with Crippen LogP contribution >= 0.6 is 0 Å². The number of hydrogen-bond donors (Lipinski definition) is 1. The number of β-amino-alcohol motifs (C(OH)–C–C–N with tert-alkyl or cyclic N) is 1. The minimum atomic E-state index is -0.319. The number of carbonyl (C=O) groups is 1. The van der Waals surface area contributed by atoms with Crippen molar-refractivity contribution in [1.29, 1.82) is 0 Å². The number of nitrogens with zero attached hydrogens (tertiary/aromatic N) is 3. The third-order valence-electron chi connectivity index (χ3n) is 4.31. The van der Waals surface area contributed by atoms with Crippen molar-refractivity contribution in [2.45, 2.75) is 13.0 Å². The number of para-hydroxylation sites is 1. The summed E-state index contributed by atoms with van der Waals surface area (Å²) in [7, 11) is 1.97. The third-order valence-corrected chi connectivity index (χ3v) is 4.31. The molecule has 1 fully saturated rings. The van der Waals surface area contributed by atoms with Gasteiger partial charge in [-0.3, -0.25) is 9.69 Å². The zero-order chi connectivity index (χ0) is 15.7. The van der Waals surface area contributed by atoms with Gasteiger partial charge >= 0.3 is 0 Å². The van der Waals surface area contributed by atoms with Crippen molar-refractivity contribution in [1.82, 2.24) is 14.4 Å². The van der Waals surface area contributed by atoms with Gasteiger partial charge in [0.1, 0.15) is 0 Å². The summed E-state index contributed by atoms with van der Waals surface area (Å²) < 4.78 is 2.01. The molecule has 2 aromatic rings. The maximum absolute atomic E-state index is 12.8. The lowest BCUT2D eigenvalue weighted by molar-refractivity contribution is 0.0555. The molecule has 1 aliphatic heterocycles. The average molecular weight is 301 g/mol. The lowest BCUT2D eigenvalue weighted by Gasteiger charge is -2.35. The van der Waals surface area contributed by atoms with Gasteiger partial charge in [0.05, 0.1) is 11.7 Å². The topological polar surface area (TPSA) is 48.7 Å². The van der Waals surface area contributed by atoms with Crippen LogP contribution in [0.5, 0.6) is 0 Å². The van der Waals surface area contributed by atoms with Crippen molar-refractivity contribution in [2.75, 3.05) is 32.7 Å². The molecule has 0 bridgehead atoms. The van der Waals surface area contributed by atoms with Gasteiger partial charge in [-0.15, -0.1) is 0 Å². The van der Waals surface area contributed by atoms with E-state index in [1.54, 1.807) is 6.92 Å². The van der Waals surface area contributed by atoms with E-state index in [-0.39, 0.29) is 12.0 Å². The van der Waals surface area contributed by atoms with E-state index in [2.05, 4.69) is 4.90 Å². The van der Waals surface area contributed by atoms with Crippen LogP contribution in [0.2, 0.25) is 0 Å². The molecule has 1 atom stereocenters. The first-order valence-corrected chi connectivity index (χ1v) is 7.80. The van der Waals surface area contributed by atoms with Crippen molar-refractivity contribution in [3.63, 3.8) is 0 Å². The number of amides is 1. The molecule has 0 aliphatic carbocycles. The molecule has 22 heavy (non-hydrogen) atoms. The fourth-order valence-corrected chi connectivity index (χ4v) is 3.19. The summed E-state index contributed by atoms with van der Waals surface area (Å²) in [5.74, 6) is 0.105. The van der Waals surface area contributed by atoms with Crippen molar-refractivity contribution in [3.8, 4) is 0 Å². The van der Waals surface area contributed by atoms with Crippen LogP contribution in [0.15, 0.2) is 30.5 Å². The summed E-state index contributed by atoms with van der Waals surface area (Å²) >= 11 is 0. The van der Waals surface area contributed by atoms with Gasteiger partial charge < -0.3 is 14.6 Å². The van der Waals surface area contributed by atoms with Crippen LogP contribution in [-0.4, -0.2) is 64.2 Å². The Morgan fingerprint density at radius 2 is 1.91 bits per heavy atom. The van der Waals surface area contributed by atoms with Crippen molar-refractivity contribution < 1.29 is 9.90 Å². The number of aliphatic hydroxyl groups excluding tert-OH is 1. The summed E-state index contributed by atoms with van der Waals surface area (Å²) in [5, 5.41) is 10.5. The lowest BCUT2D eigenvalue weighted by Crippen LogP contribution is -2.50. The molecular formula is C17H23N3O2. The summed E-state index contributed by atoms with van der Waals surface area (Å²) in [6.07, 6.45) is 1.61. The number of aryl methyl sites for hydroxylation is 1. The first-order valence-electron chi connectivity index (χ1n) is 7.80. The van der Waals surface area contributed by atoms with E-state index < -0.39 is 0 Å². The molecule has 3 rings (SSSR count). The Morgan fingerprint density at radius 3 is 2.59 bits per heavy atom. The molecule has 0 saturated carbocycles. The van der Waals surface area contributed by atoms with Gasteiger partial charge in [0.25, 0.3) is 5.91 Å². The van der Waals surface area contributed by atoms with Crippen LogP contribution in [0.4, 0.5) is 0 Å². The highest BCUT2D eigenvalue weighted by Gasteiger charge is 2.24. The van der Waals surface area contributed by atoms with Crippen molar-refractivity contribution >= 4 is 16.8 Å². The number of benzene rings is 1. The van der Waals surface area contributed by atoms with Gasteiger partial charge in [-0.2, -0.15) is 0 Å². The van der Waals surface area contributed by atoms with E-state index in [1.807, 2.05) is 47.0 Å². The van der Waals surface area contributed by atoms with Gasteiger partial charge in [-0.1, -0.05) is 18.2 Å². The average Bonchev–Trinajstić information content (AvgIpc) is 2.84. The Balaban J connectivity index is 1.74. The molecule has 2 heterocycles. The molecule has 1 amide bonds. The van der Waals surface area contributed by atoms with Crippen LogP contribution < -0.4 is 0 Å². The molecule has 1 unspecified atom stereocenters. The molecule has 1 aromatic heterocycles. The molecule has 5 nitrogen and oxygen atoms in total. The maximum Gasteiger partial charge on any atom is 0.256 e. The summed E-state index contributed by atoms with van der Waals surface area (Å²) in [4.78, 5) is 16.9. The maximum atomic E-state index is 12.8. The smallest absolute Gasteiger partial charge is 0.256 e. The lowest BCUT2D eigenvalue weighted by atomic mass is 10.1. The second-order valence-electron chi connectivity index (χ2n) is 6.11. The molecule has 1 aliphatic rings. The van der Waals surface area contributed by atoms with Gasteiger partial charge in [0.2, 0.25) is 0 Å². The molecule has 1 saturated heterocycles. The minimum absolute atomic E-state index is 0.105. The SMILES string of the molecule is CC(O)CN1CCN(C(=O)c2cn(C)c3ccccc23)CC1. The highest BCUT2D eigenvalue weighted by Crippen LogP contribution is 2.22. The quantitative estimate of drug-likeness (QED) is 0.930. The van der Waals surface area contributed by atoms with Crippen LogP contribution in [0, 0.1) is 0 Å². The van der Waals surface area contributed by atoms with Crippen molar-refractivity contribution in [3.05, 3.63) is 36.0 Å². The fourth-order valence-electron chi connectivity index (χ4n) is 3.19. The van der Waals surface area contributed by atoms with E-state index in [4.69, 9.17) is 0 Å². The Morgan fingerprint density at radius 1 is 1.23 bits per heavy atom. The minimum Gasteiger partial charge on any atom is -0.392 e. The standard InChI is InChI=1S/C17H23N3O2/c1-13(21)11-19-7-9-20(10-8-19)17(22)15-12-18(2)16-6-4-3-5-14(15)16/h3-6,12-13,21H,7-11H2,1-2H3. The van der Waals surface area contributed by atoms with E-state index in [0.29, 0.717) is 6.54 Å². The van der Waals surface area contributed by atoms with E-state index in [1.165, 1.54) is 0 Å². The van der Waals surface area contributed by atoms with Crippen molar-refractivity contribution in [2.24, 2.45) is 7.05 Å². The molecule has 0 radical (unpaired) electrons. The molecule has 0 spiro atoms. The molecule has 5 heteroatoms. The largest absolute Gasteiger partial charge is 0.392 e. The monoisotopic (exact) mass is 301 g/mol. The Kier molecular flexibility index (Phi) is 4.18. The Labute approximate surface area is 130 Å².